The third-order valence-corrected chi connectivity index (χ3v) is 5.59. The monoisotopic (exact) mass is 298 g/mol. The van der Waals surface area contributed by atoms with E-state index in [1.165, 1.54) is 4.31 Å². The summed E-state index contributed by atoms with van der Waals surface area (Å²) in [5.74, 6) is 0. The first-order valence-electron chi connectivity index (χ1n) is 6.94. The summed E-state index contributed by atoms with van der Waals surface area (Å²) in [7, 11) is -3.41. The Morgan fingerprint density at radius 2 is 2.00 bits per heavy atom. The molecule has 20 heavy (non-hydrogen) atoms. The van der Waals surface area contributed by atoms with Crippen molar-refractivity contribution in [3.05, 3.63) is 29.3 Å². The van der Waals surface area contributed by atoms with Crippen molar-refractivity contribution < 1.29 is 13.2 Å². The van der Waals surface area contributed by atoms with E-state index in [-0.39, 0.29) is 0 Å². The van der Waals surface area contributed by atoms with Gasteiger partial charge in [-0.2, -0.15) is 4.31 Å². The molecule has 0 radical (unpaired) electrons. The molecule has 112 valence electrons. The Morgan fingerprint density at radius 3 is 2.65 bits per heavy atom. The molecule has 0 bridgehead atoms. The molecule has 2 rings (SSSR count). The molecule has 0 aromatic heterocycles. The Balaban J connectivity index is 2.31. The highest BCUT2D eigenvalue weighted by molar-refractivity contribution is 7.89. The van der Waals surface area contributed by atoms with Crippen LogP contribution in [0.25, 0.3) is 0 Å². The second-order valence-corrected chi connectivity index (χ2v) is 6.74. The van der Waals surface area contributed by atoms with Gasteiger partial charge in [0.05, 0.1) is 18.1 Å². The number of hydrogen-bond donors (Lipinski definition) is 1. The van der Waals surface area contributed by atoms with Crippen molar-refractivity contribution in [2.75, 3.05) is 32.8 Å². The summed E-state index contributed by atoms with van der Waals surface area (Å²) in [5, 5.41) is 3.24. The van der Waals surface area contributed by atoms with Gasteiger partial charge < -0.3 is 10.1 Å². The zero-order valence-corrected chi connectivity index (χ0v) is 12.9. The zero-order chi connectivity index (χ0) is 14.6. The highest BCUT2D eigenvalue weighted by atomic mass is 32.2. The van der Waals surface area contributed by atoms with Crippen LogP contribution in [0.1, 0.15) is 18.1 Å². The maximum atomic E-state index is 12.7. The van der Waals surface area contributed by atoms with Crippen LogP contribution in [0.3, 0.4) is 0 Å². The average molecular weight is 298 g/mol. The van der Waals surface area contributed by atoms with Crippen molar-refractivity contribution >= 4 is 10.0 Å². The Hall–Kier alpha value is -0.950. The van der Waals surface area contributed by atoms with Crippen LogP contribution in [0.15, 0.2) is 23.1 Å². The summed E-state index contributed by atoms with van der Waals surface area (Å²) in [6.07, 6.45) is 0. The third kappa shape index (κ3) is 3.20. The summed E-state index contributed by atoms with van der Waals surface area (Å²) >= 11 is 0. The van der Waals surface area contributed by atoms with E-state index in [9.17, 15) is 8.42 Å². The Bertz CT molecular complexity index is 552. The van der Waals surface area contributed by atoms with Crippen LogP contribution in [-0.4, -0.2) is 45.6 Å². The molecule has 0 aliphatic carbocycles. The van der Waals surface area contributed by atoms with Crippen LogP contribution in [0.5, 0.6) is 0 Å². The number of nitrogens with zero attached hydrogens (tertiary/aromatic N) is 1. The summed E-state index contributed by atoms with van der Waals surface area (Å²) in [6, 6.07) is 5.47. The molecule has 0 amide bonds. The first kappa shape index (κ1) is 15.4. The Morgan fingerprint density at radius 1 is 1.30 bits per heavy atom. The van der Waals surface area contributed by atoms with Gasteiger partial charge in [0.25, 0.3) is 0 Å². The second-order valence-electron chi connectivity index (χ2n) is 4.84. The second kappa shape index (κ2) is 6.67. The molecule has 1 heterocycles. The number of sulfonamides is 1. The normalized spacial score (nSPS) is 17.3. The SMILES string of the molecule is CCNCc1cccc(S(=O)(=O)N2CCOCC2)c1C. The minimum absolute atomic E-state index is 0.412. The number of rotatable bonds is 5. The first-order chi connectivity index (χ1) is 9.57. The lowest BCUT2D eigenvalue weighted by Gasteiger charge is -2.27. The fraction of sp³-hybridized carbons (Fsp3) is 0.571. The summed E-state index contributed by atoms with van der Waals surface area (Å²) in [6.45, 7) is 7.25. The molecule has 5 nitrogen and oxygen atoms in total. The molecule has 0 saturated carbocycles. The van der Waals surface area contributed by atoms with Gasteiger partial charge in [-0.1, -0.05) is 19.1 Å². The molecule has 1 saturated heterocycles. The molecule has 1 N–H and O–H groups in total. The fourth-order valence-corrected chi connectivity index (χ4v) is 3.99. The van der Waals surface area contributed by atoms with Crippen LogP contribution in [0, 0.1) is 6.92 Å². The van der Waals surface area contributed by atoms with Gasteiger partial charge in [-0.05, 0) is 30.7 Å². The van der Waals surface area contributed by atoms with E-state index in [2.05, 4.69) is 5.32 Å². The standard InChI is InChI=1S/C14H22N2O3S/c1-3-15-11-13-5-4-6-14(12(13)2)20(17,18)16-7-9-19-10-8-16/h4-6,15H,3,7-11H2,1-2H3. The molecule has 1 aliphatic rings. The molecule has 0 spiro atoms. The van der Waals surface area contributed by atoms with Gasteiger partial charge in [0.15, 0.2) is 0 Å². The highest BCUT2D eigenvalue weighted by Gasteiger charge is 2.28. The lowest BCUT2D eigenvalue weighted by Crippen LogP contribution is -2.40. The molecule has 0 unspecified atom stereocenters. The minimum Gasteiger partial charge on any atom is -0.379 e. The van der Waals surface area contributed by atoms with Crippen LogP contribution in [0.4, 0.5) is 0 Å². The van der Waals surface area contributed by atoms with Gasteiger partial charge in [-0.3, -0.25) is 0 Å². The molecule has 1 aromatic carbocycles. The fourth-order valence-electron chi connectivity index (χ4n) is 2.32. The minimum atomic E-state index is -3.41. The van der Waals surface area contributed by atoms with Crippen molar-refractivity contribution in [2.45, 2.75) is 25.3 Å². The Labute approximate surface area is 121 Å². The number of nitrogens with one attached hydrogen (secondary N) is 1. The van der Waals surface area contributed by atoms with E-state index >= 15 is 0 Å². The highest BCUT2D eigenvalue weighted by Crippen LogP contribution is 2.23. The molecule has 0 atom stereocenters. The number of hydrogen-bond acceptors (Lipinski definition) is 4. The van der Waals surface area contributed by atoms with Gasteiger partial charge in [-0.15, -0.1) is 0 Å². The van der Waals surface area contributed by atoms with E-state index in [1.807, 2.05) is 26.0 Å². The summed E-state index contributed by atoms with van der Waals surface area (Å²) in [5.41, 5.74) is 1.86. The van der Waals surface area contributed by atoms with Crippen LogP contribution in [0.2, 0.25) is 0 Å². The van der Waals surface area contributed by atoms with Gasteiger partial charge in [0.1, 0.15) is 0 Å². The maximum absolute atomic E-state index is 12.7. The topological polar surface area (TPSA) is 58.6 Å². The number of morpholine rings is 1. The predicted molar refractivity (Wildman–Crippen MR) is 78.1 cm³/mol. The van der Waals surface area contributed by atoms with Gasteiger partial charge in [-0.25, -0.2) is 8.42 Å². The number of benzene rings is 1. The van der Waals surface area contributed by atoms with Crippen LogP contribution in [-0.2, 0) is 21.3 Å². The van der Waals surface area contributed by atoms with Crippen molar-refractivity contribution in [3.8, 4) is 0 Å². The number of ether oxygens (including phenoxy) is 1. The largest absolute Gasteiger partial charge is 0.379 e. The predicted octanol–water partition coefficient (Wildman–Crippen LogP) is 1.13. The molecule has 1 aromatic rings. The average Bonchev–Trinajstić information content (AvgIpc) is 2.47. The zero-order valence-electron chi connectivity index (χ0n) is 12.1. The lowest BCUT2D eigenvalue weighted by atomic mass is 10.1. The van der Waals surface area contributed by atoms with E-state index in [0.29, 0.717) is 37.7 Å². The molecular formula is C14H22N2O3S. The molecule has 1 fully saturated rings. The van der Waals surface area contributed by atoms with Gasteiger partial charge in [0, 0.05) is 19.6 Å². The van der Waals surface area contributed by atoms with Crippen LogP contribution < -0.4 is 5.32 Å². The van der Waals surface area contributed by atoms with Crippen LogP contribution >= 0.6 is 0 Å². The summed E-state index contributed by atoms with van der Waals surface area (Å²) in [4.78, 5) is 0.412. The van der Waals surface area contributed by atoms with E-state index in [1.54, 1.807) is 6.07 Å². The Kier molecular flexibility index (Phi) is 5.15. The van der Waals surface area contributed by atoms with Gasteiger partial charge in [0.2, 0.25) is 10.0 Å². The van der Waals surface area contributed by atoms with Crippen molar-refractivity contribution in [1.82, 2.24) is 9.62 Å². The van der Waals surface area contributed by atoms with Crippen molar-refractivity contribution in [2.24, 2.45) is 0 Å². The molecule has 6 heteroatoms. The smallest absolute Gasteiger partial charge is 0.243 e. The maximum Gasteiger partial charge on any atom is 0.243 e. The third-order valence-electron chi connectivity index (χ3n) is 3.55. The van der Waals surface area contributed by atoms with E-state index in [4.69, 9.17) is 4.74 Å². The van der Waals surface area contributed by atoms with Crippen molar-refractivity contribution in [1.29, 1.82) is 0 Å². The van der Waals surface area contributed by atoms with E-state index in [0.717, 1.165) is 17.7 Å². The molecule has 1 aliphatic heterocycles. The quantitative estimate of drug-likeness (QED) is 0.885. The lowest BCUT2D eigenvalue weighted by molar-refractivity contribution is 0.0730. The molecular weight excluding hydrogens is 276 g/mol. The van der Waals surface area contributed by atoms with Gasteiger partial charge >= 0.3 is 0 Å². The van der Waals surface area contributed by atoms with Crippen molar-refractivity contribution in [3.63, 3.8) is 0 Å². The van der Waals surface area contributed by atoms with E-state index < -0.39 is 10.0 Å². The first-order valence-corrected chi connectivity index (χ1v) is 8.38. The summed E-state index contributed by atoms with van der Waals surface area (Å²) < 4.78 is 32.1.